The summed E-state index contributed by atoms with van der Waals surface area (Å²) in [6.07, 6.45) is 2.38. The second kappa shape index (κ2) is 10.1. The lowest BCUT2D eigenvalue weighted by Crippen LogP contribution is -2.20. The van der Waals surface area contributed by atoms with E-state index in [4.69, 9.17) is 4.74 Å². The van der Waals surface area contributed by atoms with Gasteiger partial charge in [0.2, 0.25) is 5.95 Å². The number of carbonyl (C=O) groups excluding carboxylic acids is 1. The molecule has 8 nitrogen and oxygen atoms in total. The molecule has 3 aromatic rings. The Bertz CT molecular complexity index is 995. The minimum Gasteiger partial charge on any atom is -0.462 e. The topological polar surface area (TPSA) is 98.3 Å². The molecule has 0 saturated heterocycles. The van der Waals surface area contributed by atoms with Gasteiger partial charge in [0, 0.05) is 15.9 Å². The zero-order chi connectivity index (χ0) is 21.5. The molecule has 1 aromatic carbocycles. The van der Waals surface area contributed by atoms with Crippen molar-refractivity contribution < 1.29 is 25.9 Å². The number of carbonyl (C=O) groups is 1. The second-order valence-electron chi connectivity index (χ2n) is 6.41. The van der Waals surface area contributed by atoms with Gasteiger partial charge in [0.25, 0.3) is 0 Å². The summed E-state index contributed by atoms with van der Waals surface area (Å²) in [4.78, 5) is 24.2. The SMILES string of the molecule is CCOC(=O)c1ccc2nc(NCC(C)CNc3ncc(OC(F)F)cn3)sc2c1.[HH].[HH]. The van der Waals surface area contributed by atoms with E-state index >= 15 is 0 Å². The van der Waals surface area contributed by atoms with Gasteiger partial charge in [-0.25, -0.2) is 19.7 Å². The fraction of sp³-hybridized carbons (Fsp3) is 0.368. The van der Waals surface area contributed by atoms with Crippen LogP contribution >= 0.6 is 11.3 Å². The van der Waals surface area contributed by atoms with Gasteiger partial charge in [-0.3, -0.25) is 0 Å². The van der Waals surface area contributed by atoms with Crippen molar-refractivity contribution in [2.24, 2.45) is 5.92 Å². The number of ether oxygens (including phenoxy) is 2. The van der Waals surface area contributed by atoms with Crippen LogP contribution in [0.2, 0.25) is 0 Å². The predicted molar refractivity (Wildman–Crippen MR) is 115 cm³/mol. The quantitative estimate of drug-likeness (QED) is 0.443. The average Bonchev–Trinajstić information content (AvgIpc) is 3.13. The lowest BCUT2D eigenvalue weighted by atomic mass is 10.2. The molecule has 0 aliphatic rings. The predicted octanol–water partition coefficient (Wildman–Crippen LogP) is 4.52. The van der Waals surface area contributed by atoms with Crippen molar-refractivity contribution in [3.63, 3.8) is 0 Å². The number of fused-ring (bicyclic) bond motifs is 1. The summed E-state index contributed by atoms with van der Waals surface area (Å²) < 4.78 is 34.4. The number of aromatic nitrogens is 3. The number of halogens is 2. The van der Waals surface area contributed by atoms with Crippen LogP contribution in [-0.2, 0) is 4.74 Å². The van der Waals surface area contributed by atoms with Crippen LogP contribution in [0.15, 0.2) is 30.6 Å². The summed E-state index contributed by atoms with van der Waals surface area (Å²) in [5, 5.41) is 7.08. The molecule has 1 unspecified atom stereocenters. The smallest absolute Gasteiger partial charge is 0.387 e. The van der Waals surface area contributed by atoms with Crippen molar-refractivity contribution in [1.82, 2.24) is 15.0 Å². The molecule has 2 N–H and O–H groups in total. The maximum Gasteiger partial charge on any atom is 0.387 e. The number of thiazole rings is 1. The molecule has 0 amide bonds. The first-order chi connectivity index (χ1) is 14.4. The van der Waals surface area contributed by atoms with E-state index < -0.39 is 6.61 Å². The third kappa shape index (κ3) is 5.96. The zero-order valence-corrected chi connectivity index (χ0v) is 17.2. The highest BCUT2D eigenvalue weighted by atomic mass is 32.1. The zero-order valence-electron chi connectivity index (χ0n) is 16.4. The van der Waals surface area contributed by atoms with Gasteiger partial charge in [0.15, 0.2) is 10.9 Å². The fourth-order valence-corrected chi connectivity index (χ4v) is 3.42. The Labute approximate surface area is 178 Å². The first-order valence-corrected chi connectivity index (χ1v) is 10.1. The van der Waals surface area contributed by atoms with Gasteiger partial charge >= 0.3 is 12.6 Å². The van der Waals surface area contributed by atoms with Crippen molar-refractivity contribution >= 4 is 38.6 Å². The van der Waals surface area contributed by atoms with Gasteiger partial charge in [0.1, 0.15) is 0 Å². The number of anilines is 2. The summed E-state index contributed by atoms with van der Waals surface area (Å²) in [5.41, 5.74) is 1.31. The molecule has 0 saturated carbocycles. The standard InChI is InChI=1S/C19H21F2N5O3S.2H2/c1-3-28-16(27)12-4-5-14-15(6-12)30-19(26-14)25-8-11(2)7-22-18-23-9-13(10-24-18)29-17(20)21;;/h4-6,9-11,17H,3,7-8H2,1-2H3,(H,25,26)(H,22,23,24);2*1H. The summed E-state index contributed by atoms with van der Waals surface area (Å²) in [5.74, 6) is 0.0906. The molecule has 11 heteroatoms. The van der Waals surface area contributed by atoms with Gasteiger partial charge in [0.05, 0.1) is 34.8 Å². The van der Waals surface area contributed by atoms with Crippen molar-refractivity contribution in [1.29, 1.82) is 0 Å². The van der Waals surface area contributed by atoms with E-state index in [-0.39, 0.29) is 20.5 Å². The average molecular weight is 442 g/mol. The van der Waals surface area contributed by atoms with Crippen LogP contribution in [0.1, 0.15) is 27.1 Å². The number of alkyl halides is 2. The highest BCUT2D eigenvalue weighted by molar-refractivity contribution is 7.22. The summed E-state index contributed by atoms with van der Waals surface area (Å²) >= 11 is 1.46. The molecule has 1 atom stereocenters. The summed E-state index contributed by atoms with van der Waals surface area (Å²) in [6, 6.07) is 5.28. The van der Waals surface area contributed by atoms with Crippen LogP contribution in [0.25, 0.3) is 10.2 Å². The van der Waals surface area contributed by atoms with Crippen LogP contribution < -0.4 is 15.4 Å². The minimum absolute atomic E-state index is 0. The molecular formula is C19H25F2N5O3S. The molecule has 3 rings (SSSR count). The van der Waals surface area contributed by atoms with Gasteiger partial charge < -0.3 is 20.1 Å². The Kier molecular flexibility index (Phi) is 7.28. The highest BCUT2D eigenvalue weighted by Crippen LogP contribution is 2.27. The lowest BCUT2D eigenvalue weighted by molar-refractivity contribution is -0.0503. The van der Waals surface area contributed by atoms with E-state index in [0.29, 0.717) is 31.2 Å². The van der Waals surface area contributed by atoms with E-state index in [9.17, 15) is 13.6 Å². The molecule has 0 aliphatic carbocycles. The monoisotopic (exact) mass is 441 g/mol. The minimum atomic E-state index is -2.90. The lowest BCUT2D eigenvalue weighted by Gasteiger charge is -2.13. The molecule has 0 fully saturated rings. The number of nitrogens with zero attached hydrogens (tertiary/aromatic N) is 3. The van der Waals surface area contributed by atoms with Crippen molar-refractivity contribution in [3.8, 4) is 5.75 Å². The molecule has 30 heavy (non-hydrogen) atoms. The van der Waals surface area contributed by atoms with Crippen LogP contribution in [0.3, 0.4) is 0 Å². The number of benzene rings is 1. The van der Waals surface area contributed by atoms with Gasteiger partial charge in [-0.1, -0.05) is 18.3 Å². The Morgan fingerprint density at radius 3 is 2.67 bits per heavy atom. The van der Waals surface area contributed by atoms with Crippen molar-refractivity contribution in [2.75, 3.05) is 30.3 Å². The molecule has 2 heterocycles. The Morgan fingerprint density at radius 2 is 1.97 bits per heavy atom. The van der Waals surface area contributed by atoms with Gasteiger partial charge in [-0.05, 0) is 31.0 Å². The molecule has 2 aromatic heterocycles. The van der Waals surface area contributed by atoms with E-state index in [1.54, 1.807) is 25.1 Å². The van der Waals surface area contributed by atoms with Crippen LogP contribution in [0, 0.1) is 5.92 Å². The fourth-order valence-electron chi connectivity index (χ4n) is 2.51. The van der Waals surface area contributed by atoms with E-state index in [2.05, 4.69) is 30.3 Å². The van der Waals surface area contributed by atoms with Gasteiger partial charge in [-0.2, -0.15) is 8.78 Å². The molecule has 0 bridgehead atoms. The van der Waals surface area contributed by atoms with Gasteiger partial charge in [-0.15, -0.1) is 0 Å². The number of hydrogen-bond donors (Lipinski definition) is 2. The molecule has 0 spiro atoms. The maximum absolute atomic E-state index is 12.1. The van der Waals surface area contributed by atoms with E-state index in [0.717, 1.165) is 15.3 Å². The first-order valence-electron chi connectivity index (χ1n) is 9.27. The number of esters is 1. The van der Waals surface area contributed by atoms with Crippen LogP contribution in [0.4, 0.5) is 19.9 Å². The van der Waals surface area contributed by atoms with Crippen molar-refractivity contribution in [3.05, 3.63) is 36.2 Å². The number of rotatable bonds is 10. The van der Waals surface area contributed by atoms with Crippen LogP contribution in [-0.4, -0.2) is 47.2 Å². The van der Waals surface area contributed by atoms with Crippen molar-refractivity contribution in [2.45, 2.75) is 20.5 Å². The normalized spacial score (nSPS) is 12.0. The Hall–Kier alpha value is -3.08. The molecule has 164 valence electrons. The van der Waals surface area contributed by atoms with E-state index in [1.807, 2.05) is 6.92 Å². The maximum atomic E-state index is 12.1. The summed E-state index contributed by atoms with van der Waals surface area (Å²) in [6.45, 7) is 2.43. The van der Waals surface area contributed by atoms with Crippen LogP contribution in [0.5, 0.6) is 5.75 Å². The summed E-state index contributed by atoms with van der Waals surface area (Å²) in [7, 11) is 0. The Morgan fingerprint density at radius 1 is 1.23 bits per heavy atom. The second-order valence-corrected chi connectivity index (χ2v) is 7.44. The molecule has 0 radical (unpaired) electrons. The third-order valence-electron chi connectivity index (χ3n) is 3.96. The number of hydrogen-bond acceptors (Lipinski definition) is 9. The molecular weight excluding hydrogens is 416 g/mol. The van der Waals surface area contributed by atoms with E-state index in [1.165, 1.54) is 23.7 Å². The largest absolute Gasteiger partial charge is 0.462 e. The Balaban J connectivity index is 0.00000256. The highest BCUT2D eigenvalue weighted by Gasteiger charge is 2.11. The first kappa shape index (κ1) is 21.6. The third-order valence-corrected chi connectivity index (χ3v) is 4.94. The molecule has 0 aliphatic heterocycles. The number of nitrogens with one attached hydrogen (secondary N) is 2.